The predicted molar refractivity (Wildman–Crippen MR) is 82.8 cm³/mol. The Kier molecular flexibility index (Phi) is 4.42. The number of aryl methyl sites for hydroxylation is 1. The first-order valence-corrected chi connectivity index (χ1v) is 7.28. The Hall–Kier alpha value is -1.75. The van der Waals surface area contributed by atoms with Gasteiger partial charge in [-0.2, -0.15) is 0 Å². The van der Waals surface area contributed by atoms with E-state index in [2.05, 4.69) is 5.16 Å². The molecule has 1 heterocycles. The number of carbonyl (C=O) groups is 1. The minimum atomic E-state index is -0.352. The number of hydrogen-bond donors (Lipinski definition) is 2. The van der Waals surface area contributed by atoms with Gasteiger partial charge >= 0.3 is 0 Å². The van der Waals surface area contributed by atoms with Gasteiger partial charge in [-0.15, -0.1) is 0 Å². The number of nitrogens with zero attached hydrogens (tertiary/aromatic N) is 2. The molecule has 1 amide bonds. The summed E-state index contributed by atoms with van der Waals surface area (Å²) in [7, 11) is 0. The van der Waals surface area contributed by atoms with Crippen LogP contribution in [0.4, 0.5) is 0 Å². The Morgan fingerprint density at radius 3 is 2.62 bits per heavy atom. The summed E-state index contributed by atoms with van der Waals surface area (Å²) >= 11 is 5.97. The minimum Gasteiger partial charge on any atom is -0.409 e. The third kappa shape index (κ3) is 3.13. The molecule has 1 aromatic carbocycles. The molecule has 1 aliphatic heterocycles. The zero-order valence-electron chi connectivity index (χ0n) is 12.3. The van der Waals surface area contributed by atoms with Gasteiger partial charge < -0.3 is 15.8 Å². The van der Waals surface area contributed by atoms with Crippen LogP contribution in [0.5, 0.6) is 0 Å². The van der Waals surface area contributed by atoms with Gasteiger partial charge in [0.05, 0.1) is 0 Å². The molecule has 2 rings (SSSR count). The molecule has 1 aliphatic rings. The van der Waals surface area contributed by atoms with Crippen LogP contribution in [0.15, 0.2) is 23.4 Å². The van der Waals surface area contributed by atoms with Crippen LogP contribution in [-0.4, -0.2) is 34.9 Å². The second-order valence-electron chi connectivity index (χ2n) is 5.80. The smallest absolute Gasteiger partial charge is 0.254 e. The molecular weight excluding hydrogens is 290 g/mol. The SMILES string of the molecule is Cc1ccc(Cl)cc1C(=O)N1CCC(C)(/C(N)=N/O)CC1. The lowest BCUT2D eigenvalue weighted by molar-refractivity contribution is 0.0666. The molecule has 0 atom stereocenters. The van der Waals surface area contributed by atoms with Crippen LogP contribution in [0.1, 0.15) is 35.7 Å². The van der Waals surface area contributed by atoms with Crippen molar-refractivity contribution < 1.29 is 10.0 Å². The summed E-state index contributed by atoms with van der Waals surface area (Å²) in [4.78, 5) is 14.4. The Labute approximate surface area is 129 Å². The molecule has 1 saturated heterocycles. The lowest BCUT2D eigenvalue weighted by Crippen LogP contribution is -2.47. The molecule has 0 unspecified atom stereocenters. The highest BCUT2D eigenvalue weighted by Gasteiger charge is 2.36. The van der Waals surface area contributed by atoms with Crippen LogP contribution >= 0.6 is 11.6 Å². The summed E-state index contributed by atoms with van der Waals surface area (Å²) in [6.07, 6.45) is 1.35. The summed E-state index contributed by atoms with van der Waals surface area (Å²) in [6, 6.07) is 5.33. The van der Waals surface area contributed by atoms with E-state index in [0.29, 0.717) is 36.5 Å². The molecule has 5 nitrogen and oxygen atoms in total. The number of amidine groups is 1. The van der Waals surface area contributed by atoms with Crippen molar-refractivity contribution in [3.8, 4) is 0 Å². The third-order valence-corrected chi connectivity index (χ3v) is 4.55. The second-order valence-corrected chi connectivity index (χ2v) is 6.23. The number of oxime groups is 1. The topological polar surface area (TPSA) is 78.9 Å². The van der Waals surface area contributed by atoms with Crippen LogP contribution in [0.2, 0.25) is 5.02 Å². The fourth-order valence-electron chi connectivity index (χ4n) is 2.58. The van der Waals surface area contributed by atoms with Gasteiger partial charge in [-0.1, -0.05) is 29.7 Å². The molecule has 0 aromatic heterocycles. The van der Waals surface area contributed by atoms with E-state index >= 15 is 0 Å². The van der Waals surface area contributed by atoms with Crippen LogP contribution in [0.3, 0.4) is 0 Å². The van der Waals surface area contributed by atoms with Crippen LogP contribution in [-0.2, 0) is 0 Å². The lowest BCUT2D eigenvalue weighted by Gasteiger charge is -2.38. The van der Waals surface area contributed by atoms with Crippen LogP contribution < -0.4 is 5.73 Å². The average molecular weight is 310 g/mol. The van der Waals surface area contributed by atoms with Gasteiger partial charge in [-0.25, -0.2) is 0 Å². The van der Waals surface area contributed by atoms with E-state index < -0.39 is 0 Å². The van der Waals surface area contributed by atoms with Crippen molar-refractivity contribution >= 4 is 23.3 Å². The molecule has 0 radical (unpaired) electrons. The van der Waals surface area contributed by atoms with Gasteiger partial charge in [0.1, 0.15) is 5.84 Å². The van der Waals surface area contributed by atoms with E-state index in [4.69, 9.17) is 22.5 Å². The van der Waals surface area contributed by atoms with Gasteiger partial charge in [0, 0.05) is 29.1 Å². The molecule has 0 bridgehead atoms. The summed E-state index contributed by atoms with van der Waals surface area (Å²) in [5, 5.41) is 12.5. The first-order chi connectivity index (χ1) is 9.87. The average Bonchev–Trinajstić information content (AvgIpc) is 2.49. The molecular formula is C15H20ClN3O2. The maximum absolute atomic E-state index is 12.6. The van der Waals surface area contributed by atoms with Crippen LogP contribution in [0.25, 0.3) is 0 Å². The Balaban J connectivity index is 2.12. The van der Waals surface area contributed by atoms with Gasteiger partial charge in [0.25, 0.3) is 5.91 Å². The molecule has 0 aliphatic carbocycles. The highest BCUT2D eigenvalue weighted by Crippen LogP contribution is 2.32. The van der Waals surface area contributed by atoms with Gasteiger partial charge in [0.2, 0.25) is 0 Å². The minimum absolute atomic E-state index is 0.0171. The zero-order chi connectivity index (χ0) is 15.6. The predicted octanol–water partition coefficient (Wildman–Crippen LogP) is 2.64. The Morgan fingerprint density at radius 2 is 2.05 bits per heavy atom. The van der Waals surface area contributed by atoms with E-state index in [0.717, 1.165) is 5.56 Å². The molecule has 0 saturated carbocycles. The Morgan fingerprint density at radius 1 is 1.43 bits per heavy atom. The number of likely N-dealkylation sites (tertiary alicyclic amines) is 1. The molecule has 3 N–H and O–H groups in total. The maximum Gasteiger partial charge on any atom is 0.254 e. The largest absolute Gasteiger partial charge is 0.409 e. The van der Waals surface area contributed by atoms with E-state index in [9.17, 15) is 4.79 Å². The highest BCUT2D eigenvalue weighted by atomic mass is 35.5. The third-order valence-electron chi connectivity index (χ3n) is 4.31. The van der Waals surface area contributed by atoms with E-state index in [1.165, 1.54) is 0 Å². The number of hydrogen-bond acceptors (Lipinski definition) is 3. The van der Waals surface area contributed by atoms with Crippen molar-refractivity contribution in [2.45, 2.75) is 26.7 Å². The first kappa shape index (κ1) is 15.6. The summed E-state index contributed by atoms with van der Waals surface area (Å²) in [5.41, 5.74) is 6.93. The van der Waals surface area contributed by atoms with E-state index in [1.54, 1.807) is 17.0 Å². The summed E-state index contributed by atoms with van der Waals surface area (Å²) in [6.45, 7) is 5.01. The van der Waals surface area contributed by atoms with E-state index in [-0.39, 0.29) is 17.2 Å². The molecule has 0 spiro atoms. The van der Waals surface area contributed by atoms with Gasteiger partial charge in [0.15, 0.2) is 0 Å². The Bertz CT molecular complexity index is 578. The quantitative estimate of drug-likeness (QED) is 0.381. The zero-order valence-corrected chi connectivity index (χ0v) is 13.0. The molecule has 1 aromatic rings. The number of benzene rings is 1. The van der Waals surface area contributed by atoms with Gasteiger partial charge in [-0.3, -0.25) is 4.79 Å². The maximum atomic E-state index is 12.6. The number of halogens is 1. The number of piperidine rings is 1. The first-order valence-electron chi connectivity index (χ1n) is 6.91. The molecule has 1 fully saturated rings. The van der Waals surface area contributed by atoms with Crippen molar-refractivity contribution in [2.24, 2.45) is 16.3 Å². The monoisotopic (exact) mass is 309 g/mol. The fraction of sp³-hybridized carbons (Fsp3) is 0.467. The number of amides is 1. The van der Waals surface area contributed by atoms with Crippen molar-refractivity contribution in [2.75, 3.05) is 13.1 Å². The lowest BCUT2D eigenvalue weighted by atomic mass is 9.79. The standard InChI is InChI=1S/C15H20ClN3O2/c1-10-3-4-11(16)9-12(10)13(20)19-7-5-15(2,6-8-19)14(17)18-21/h3-4,9,21H,5-8H2,1-2H3,(H2,17,18). The number of rotatable bonds is 2. The van der Waals surface area contributed by atoms with Crippen LogP contribution in [0, 0.1) is 12.3 Å². The van der Waals surface area contributed by atoms with Crippen molar-refractivity contribution in [1.29, 1.82) is 0 Å². The molecule has 21 heavy (non-hydrogen) atoms. The normalized spacial score (nSPS) is 18.6. The fourth-order valence-corrected chi connectivity index (χ4v) is 2.75. The number of nitrogens with two attached hydrogens (primary N) is 1. The van der Waals surface area contributed by atoms with Crippen molar-refractivity contribution in [1.82, 2.24) is 4.90 Å². The van der Waals surface area contributed by atoms with Gasteiger partial charge in [-0.05, 0) is 37.5 Å². The molecule has 6 heteroatoms. The number of carbonyl (C=O) groups excluding carboxylic acids is 1. The second kappa shape index (κ2) is 5.93. The summed E-state index contributed by atoms with van der Waals surface area (Å²) in [5.74, 6) is 0.213. The van der Waals surface area contributed by atoms with Crippen molar-refractivity contribution in [3.63, 3.8) is 0 Å². The summed E-state index contributed by atoms with van der Waals surface area (Å²) < 4.78 is 0. The highest BCUT2D eigenvalue weighted by molar-refractivity contribution is 6.31. The van der Waals surface area contributed by atoms with E-state index in [1.807, 2.05) is 19.9 Å². The van der Waals surface area contributed by atoms with Crippen molar-refractivity contribution in [3.05, 3.63) is 34.3 Å². The molecule has 114 valence electrons.